The van der Waals surface area contributed by atoms with Gasteiger partial charge in [0.2, 0.25) is 0 Å². The number of piperidine rings is 1. The smallest absolute Gasteiger partial charge is 0.120 e. The Morgan fingerprint density at radius 2 is 2.14 bits per heavy atom. The molecule has 110 valence electrons. The predicted molar refractivity (Wildman–Crippen MR) is 86.4 cm³/mol. The number of hydrogen-bond acceptors (Lipinski definition) is 1. The molecule has 0 amide bonds. The second kappa shape index (κ2) is 4.21. The fourth-order valence-electron chi connectivity index (χ4n) is 4.71. The Kier molecular flexibility index (Phi) is 2.63. The molecule has 3 heteroatoms. The van der Waals surface area contributed by atoms with Crippen molar-refractivity contribution in [2.75, 3.05) is 13.6 Å². The van der Waals surface area contributed by atoms with E-state index in [0.717, 1.165) is 24.1 Å². The number of benzene rings is 1. The van der Waals surface area contributed by atoms with Gasteiger partial charge >= 0.3 is 0 Å². The number of nitrogens with zero attached hydrogens (tertiary/aromatic N) is 1. The van der Waals surface area contributed by atoms with Gasteiger partial charge in [0.15, 0.2) is 0 Å². The maximum Gasteiger partial charge on any atom is 0.120 e. The number of rotatable bonds is 1. The zero-order chi connectivity index (χ0) is 14.8. The van der Waals surface area contributed by atoms with Crippen LogP contribution in [0.15, 0.2) is 30.8 Å². The van der Waals surface area contributed by atoms with Crippen LogP contribution in [0.2, 0.25) is 0 Å². The molecule has 1 aromatic heterocycles. The second-order valence-electron chi connectivity index (χ2n) is 6.79. The van der Waals surface area contributed by atoms with Crippen LogP contribution in [-0.4, -0.2) is 23.2 Å². The van der Waals surface area contributed by atoms with Gasteiger partial charge in [0, 0.05) is 28.8 Å². The van der Waals surface area contributed by atoms with Crippen LogP contribution in [0, 0.1) is 17.0 Å². The molecule has 1 saturated heterocycles. The molecule has 1 fully saturated rings. The van der Waals surface area contributed by atoms with Crippen molar-refractivity contribution in [2.24, 2.45) is 11.8 Å². The van der Waals surface area contributed by atoms with Gasteiger partial charge in [-0.15, -0.1) is 0 Å². The van der Waals surface area contributed by atoms with Gasteiger partial charge in [-0.1, -0.05) is 31.7 Å². The van der Waals surface area contributed by atoms with Gasteiger partial charge < -0.3 is 14.8 Å². The second-order valence-corrected chi connectivity index (χ2v) is 6.79. The molecule has 2 aromatic rings. The number of H-pyrrole nitrogens is 1. The van der Waals surface area contributed by atoms with E-state index in [2.05, 4.69) is 36.7 Å². The van der Waals surface area contributed by atoms with E-state index >= 15 is 0 Å². The van der Waals surface area contributed by atoms with Crippen molar-refractivity contribution < 1.29 is 4.65 Å². The molecule has 0 saturated carbocycles. The Balaban J connectivity index is 2.05. The number of hydroxylamine groups is 3. The van der Waals surface area contributed by atoms with Gasteiger partial charge in [-0.05, 0) is 24.0 Å². The SMILES string of the molecule is C=C1c2[nH]c3ccccc3c2[C@H]2C(CC)[C@@H]1CC[N+]2(C)[O-]. The molecule has 0 radical (unpaired) electrons. The molecular formula is C18H22N2O. The highest BCUT2D eigenvalue weighted by Crippen LogP contribution is 2.55. The van der Waals surface area contributed by atoms with E-state index in [0.29, 0.717) is 18.4 Å². The normalized spacial score (nSPS) is 35.0. The van der Waals surface area contributed by atoms with Crippen LogP contribution in [0.4, 0.5) is 0 Å². The largest absolute Gasteiger partial charge is 0.633 e. The maximum atomic E-state index is 13.1. The highest BCUT2D eigenvalue weighted by Gasteiger charge is 2.50. The quantitative estimate of drug-likeness (QED) is 0.617. The van der Waals surface area contributed by atoms with Crippen molar-refractivity contribution in [1.82, 2.24) is 4.98 Å². The van der Waals surface area contributed by atoms with E-state index in [1.807, 2.05) is 13.1 Å². The Hall–Kier alpha value is -1.58. The Bertz CT molecular complexity index is 728. The summed E-state index contributed by atoms with van der Waals surface area (Å²) >= 11 is 0. The van der Waals surface area contributed by atoms with Gasteiger partial charge in [-0.2, -0.15) is 0 Å². The molecule has 2 bridgehead atoms. The number of quaternary nitrogens is 1. The number of hydrogen-bond donors (Lipinski definition) is 1. The molecule has 0 spiro atoms. The molecule has 4 atom stereocenters. The highest BCUT2D eigenvalue weighted by molar-refractivity contribution is 5.90. The summed E-state index contributed by atoms with van der Waals surface area (Å²) in [5.41, 5.74) is 4.70. The molecule has 4 rings (SSSR count). The summed E-state index contributed by atoms with van der Waals surface area (Å²) in [5.74, 6) is 0.876. The van der Waals surface area contributed by atoms with Gasteiger partial charge in [-0.3, -0.25) is 0 Å². The number of para-hydroxylation sites is 1. The number of nitrogens with one attached hydrogen (secondary N) is 1. The Morgan fingerprint density at radius 3 is 2.90 bits per heavy atom. The number of aromatic amines is 1. The van der Waals surface area contributed by atoms with Gasteiger partial charge in [0.05, 0.1) is 19.3 Å². The van der Waals surface area contributed by atoms with Crippen molar-refractivity contribution in [3.05, 3.63) is 47.3 Å². The first-order chi connectivity index (χ1) is 10.0. The van der Waals surface area contributed by atoms with Crippen LogP contribution in [-0.2, 0) is 0 Å². The summed E-state index contributed by atoms with van der Waals surface area (Å²) in [6.07, 6.45) is 2.01. The molecule has 3 nitrogen and oxygen atoms in total. The number of fused-ring (bicyclic) bond motifs is 6. The van der Waals surface area contributed by atoms with Crippen LogP contribution >= 0.6 is 0 Å². The lowest BCUT2D eigenvalue weighted by molar-refractivity contribution is -0.904. The fraction of sp³-hybridized carbons (Fsp3) is 0.444. The van der Waals surface area contributed by atoms with Crippen LogP contribution in [0.5, 0.6) is 0 Å². The molecular weight excluding hydrogens is 260 g/mol. The van der Waals surface area contributed by atoms with Crippen LogP contribution in [0.25, 0.3) is 16.5 Å². The minimum atomic E-state index is -0.142. The van der Waals surface area contributed by atoms with Crippen molar-refractivity contribution in [3.63, 3.8) is 0 Å². The zero-order valence-corrected chi connectivity index (χ0v) is 12.7. The first-order valence-corrected chi connectivity index (χ1v) is 7.90. The highest BCUT2D eigenvalue weighted by atomic mass is 16.5. The average Bonchev–Trinajstić information content (AvgIpc) is 2.84. The van der Waals surface area contributed by atoms with Crippen LogP contribution < -0.4 is 0 Å². The molecule has 2 heterocycles. The van der Waals surface area contributed by atoms with E-state index in [-0.39, 0.29) is 10.7 Å². The van der Waals surface area contributed by atoms with Gasteiger partial charge in [-0.25, -0.2) is 0 Å². The Morgan fingerprint density at radius 1 is 1.38 bits per heavy atom. The molecule has 21 heavy (non-hydrogen) atoms. The summed E-state index contributed by atoms with van der Waals surface area (Å²) in [7, 11) is 1.85. The van der Waals surface area contributed by atoms with E-state index in [9.17, 15) is 5.21 Å². The summed E-state index contributed by atoms with van der Waals surface area (Å²) in [5, 5.41) is 14.3. The molecule has 1 aliphatic carbocycles. The van der Waals surface area contributed by atoms with E-state index in [1.165, 1.54) is 16.5 Å². The Labute approximate surface area is 125 Å². The van der Waals surface area contributed by atoms with Crippen molar-refractivity contribution in [1.29, 1.82) is 0 Å². The first kappa shape index (κ1) is 13.1. The molecule has 2 unspecified atom stereocenters. The minimum Gasteiger partial charge on any atom is -0.633 e. The van der Waals surface area contributed by atoms with Gasteiger partial charge in [0.1, 0.15) is 6.04 Å². The van der Waals surface area contributed by atoms with Gasteiger partial charge in [0.25, 0.3) is 0 Å². The van der Waals surface area contributed by atoms with Crippen LogP contribution in [0.3, 0.4) is 0 Å². The molecule has 1 aliphatic heterocycles. The number of aromatic nitrogens is 1. The maximum absolute atomic E-state index is 13.1. The van der Waals surface area contributed by atoms with E-state index in [4.69, 9.17) is 0 Å². The lowest BCUT2D eigenvalue weighted by atomic mass is 9.66. The van der Waals surface area contributed by atoms with E-state index < -0.39 is 0 Å². The first-order valence-electron chi connectivity index (χ1n) is 7.90. The third-order valence-electron chi connectivity index (χ3n) is 5.68. The van der Waals surface area contributed by atoms with E-state index in [1.54, 1.807) is 0 Å². The lowest BCUT2D eigenvalue weighted by Crippen LogP contribution is -2.53. The molecule has 2 aliphatic rings. The summed E-state index contributed by atoms with van der Waals surface area (Å²) in [6.45, 7) is 7.29. The van der Waals surface area contributed by atoms with Crippen molar-refractivity contribution in [2.45, 2.75) is 25.8 Å². The topological polar surface area (TPSA) is 38.8 Å². The standard InChI is InChI=1S/C18H22N2O/c1-4-12-13-9-10-20(3,21)18(12)16-14-7-5-6-8-15(14)19-17(16)11(13)2/h5-8,12-13,18-19H,2,4,9-10H2,1,3H3/t12?,13-,18-,20?/m1/s1. The summed E-state index contributed by atoms with van der Waals surface area (Å²) < 4.78 is -0.142. The number of allylic oxidation sites excluding steroid dienone is 1. The third kappa shape index (κ3) is 1.62. The monoisotopic (exact) mass is 282 g/mol. The minimum absolute atomic E-state index is 0.0467. The lowest BCUT2D eigenvalue weighted by Gasteiger charge is -2.56. The average molecular weight is 282 g/mol. The third-order valence-corrected chi connectivity index (χ3v) is 5.68. The fourth-order valence-corrected chi connectivity index (χ4v) is 4.71. The molecule has 1 aromatic carbocycles. The summed E-state index contributed by atoms with van der Waals surface area (Å²) in [4.78, 5) is 3.53. The van der Waals surface area contributed by atoms with Crippen LogP contribution in [0.1, 0.15) is 37.1 Å². The van der Waals surface area contributed by atoms with Crippen molar-refractivity contribution in [3.8, 4) is 0 Å². The molecule has 1 N–H and O–H groups in total. The summed E-state index contributed by atoms with van der Waals surface area (Å²) in [6, 6.07) is 8.39. The number of likely N-dealkylation sites (tertiary alicyclic amines) is 1. The predicted octanol–water partition coefficient (Wildman–Crippen LogP) is 4.23. The van der Waals surface area contributed by atoms with Crippen molar-refractivity contribution >= 4 is 16.5 Å². The zero-order valence-electron chi connectivity index (χ0n) is 12.7.